The van der Waals surface area contributed by atoms with E-state index in [-0.39, 0.29) is 11.0 Å². The van der Waals surface area contributed by atoms with Crippen LogP contribution in [0.2, 0.25) is 20.2 Å². The summed E-state index contributed by atoms with van der Waals surface area (Å²) in [6.45, 7) is 12.6. The Morgan fingerprint density at radius 2 is 1.52 bits per heavy atom. The van der Waals surface area contributed by atoms with Crippen molar-refractivity contribution in [3.05, 3.63) is 129 Å². The van der Waals surface area contributed by atoms with E-state index >= 15 is 0 Å². The van der Waals surface area contributed by atoms with E-state index in [1.807, 2.05) is 55.5 Å². The average Bonchev–Trinajstić information content (AvgIpc) is 2.91. The van der Waals surface area contributed by atoms with Crippen molar-refractivity contribution in [3.8, 4) is 0 Å². The molecule has 4 rings (SSSR count). The van der Waals surface area contributed by atoms with Gasteiger partial charge in [-0.1, -0.05) is 122 Å². The summed E-state index contributed by atoms with van der Waals surface area (Å²) in [6, 6.07) is 26.0. The zero-order chi connectivity index (χ0) is 28.9. The fraction of sp³-hybridized carbons (Fsp3) is 0.250. The third kappa shape index (κ3) is 6.79. The van der Waals surface area contributed by atoms with Gasteiger partial charge in [0.15, 0.2) is 9.76 Å². The minimum atomic E-state index is -1.08. The van der Waals surface area contributed by atoms with Crippen LogP contribution >= 0.6 is 34.8 Å². The SMILES string of the molecule is C=CCC(c1c(Cl)nc(C)nc1Nc1ccc(Cl)cc1Cl)C(O[SiH2]C(C)(C)C)(c1ccccc1)c1ccccc1. The first-order valence-corrected chi connectivity index (χ1v) is 15.6. The second-order valence-electron chi connectivity index (χ2n) is 11.0. The van der Waals surface area contributed by atoms with E-state index in [9.17, 15) is 0 Å². The summed E-state index contributed by atoms with van der Waals surface area (Å²) in [5, 5.41) is 4.83. The minimum Gasteiger partial charge on any atom is -0.409 e. The zero-order valence-electron chi connectivity index (χ0n) is 23.2. The van der Waals surface area contributed by atoms with E-state index in [1.54, 1.807) is 12.1 Å². The molecule has 0 aliphatic carbocycles. The number of anilines is 2. The molecule has 1 N–H and O–H groups in total. The fourth-order valence-corrected chi connectivity index (χ4v) is 6.86. The van der Waals surface area contributed by atoms with Crippen LogP contribution in [0.3, 0.4) is 0 Å². The molecule has 1 atom stereocenters. The number of nitrogens with zero attached hydrogens (tertiary/aromatic N) is 2. The molecule has 0 aliphatic heterocycles. The number of aryl methyl sites for hydroxylation is 1. The highest BCUT2D eigenvalue weighted by atomic mass is 35.5. The first-order valence-electron chi connectivity index (χ1n) is 13.2. The van der Waals surface area contributed by atoms with Crippen molar-refractivity contribution in [1.29, 1.82) is 0 Å². The molecular weight excluding hydrogens is 577 g/mol. The van der Waals surface area contributed by atoms with Crippen LogP contribution in [0.15, 0.2) is 91.5 Å². The number of aromatic nitrogens is 2. The highest BCUT2D eigenvalue weighted by Crippen LogP contribution is 2.51. The van der Waals surface area contributed by atoms with Crippen LogP contribution in [0.25, 0.3) is 0 Å². The summed E-state index contributed by atoms with van der Waals surface area (Å²) < 4.78 is 7.27. The van der Waals surface area contributed by atoms with Gasteiger partial charge in [-0.2, -0.15) is 0 Å². The Labute approximate surface area is 254 Å². The van der Waals surface area contributed by atoms with Crippen LogP contribution in [0.5, 0.6) is 0 Å². The number of hydrogen-bond acceptors (Lipinski definition) is 4. The van der Waals surface area contributed by atoms with Crippen LogP contribution in [-0.4, -0.2) is 19.7 Å². The molecule has 0 fully saturated rings. The molecule has 1 unspecified atom stereocenters. The van der Waals surface area contributed by atoms with Gasteiger partial charge in [0.05, 0.1) is 10.7 Å². The summed E-state index contributed by atoms with van der Waals surface area (Å²) in [4.78, 5) is 9.44. The maximum atomic E-state index is 7.27. The van der Waals surface area contributed by atoms with Gasteiger partial charge in [-0.3, -0.25) is 0 Å². The highest BCUT2D eigenvalue weighted by molar-refractivity contribution is 6.36. The molecule has 0 saturated heterocycles. The molecule has 8 heteroatoms. The van der Waals surface area contributed by atoms with Gasteiger partial charge in [0.25, 0.3) is 0 Å². The maximum absolute atomic E-state index is 7.27. The second kappa shape index (κ2) is 12.9. The van der Waals surface area contributed by atoms with Crippen LogP contribution in [0.4, 0.5) is 11.5 Å². The third-order valence-corrected chi connectivity index (χ3v) is 8.88. The lowest BCUT2D eigenvalue weighted by Crippen LogP contribution is -2.41. The van der Waals surface area contributed by atoms with Gasteiger partial charge in [-0.25, -0.2) is 9.97 Å². The Kier molecular flexibility index (Phi) is 9.75. The summed E-state index contributed by atoms with van der Waals surface area (Å²) >= 11 is 19.8. The van der Waals surface area contributed by atoms with E-state index in [1.165, 1.54) is 0 Å². The van der Waals surface area contributed by atoms with Crippen molar-refractivity contribution in [2.75, 3.05) is 5.32 Å². The second-order valence-corrected chi connectivity index (χ2v) is 14.9. The number of benzene rings is 3. The predicted octanol–water partition coefficient (Wildman–Crippen LogP) is 9.41. The number of halogens is 3. The van der Waals surface area contributed by atoms with Crippen molar-refractivity contribution in [3.63, 3.8) is 0 Å². The molecule has 0 aliphatic rings. The number of rotatable bonds is 10. The van der Waals surface area contributed by atoms with Gasteiger partial charge in [0, 0.05) is 16.5 Å². The minimum absolute atomic E-state index is 0.0268. The van der Waals surface area contributed by atoms with Gasteiger partial charge < -0.3 is 9.74 Å². The smallest absolute Gasteiger partial charge is 0.168 e. The average molecular weight is 611 g/mol. The number of allylic oxidation sites excluding steroid dienone is 1. The van der Waals surface area contributed by atoms with Gasteiger partial charge in [0.2, 0.25) is 0 Å². The van der Waals surface area contributed by atoms with Crippen molar-refractivity contribution in [1.82, 2.24) is 9.97 Å². The molecular formula is C32H34Cl3N3OSi. The van der Waals surface area contributed by atoms with Crippen LogP contribution in [0, 0.1) is 6.92 Å². The molecule has 0 saturated carbocycles. The maximum Gasteiger partial charge on any atom is 0.168 e. The topological polar surface area (TPSA) is 47.0 Å². The molecule has 0 spiro atoms. The lowest BCUT2D eigenvalue weighted by Gasteiger charge is -2.44. The predicted molar refractivity (Wildman–Crippen MR) is 172 cm³/mol. The number of hydrogen-bond donors (Lipinski definition) is 1. The molecule has 0 radical (unpaired) electrons. The number of nitrogens with one attached hydrogen (secondary N) is 1. The first-order chi connectivity index (χ1) is 19.0. The van der Waals surface area contributed by atoms with Gasteiger partial charge >= 0.3 is 0 Å². The third-order valence-electron chi connectivity index (χ3n) is 6.57. The van der Waals surface area contributed by atoms with Crippen molar-refractivity contribution in [2.24, 2.45) is 0 Å². The van der Waals surface area contributed by atoms with Crippen molar-refractivity contribution < 1.29 is 4.43 Å². The van der Waals surface area contributed by atoms with E-state index in [0.717, 1.165) is 16.7 Å². The molecule has 0 amide bonds. The summed E-state index contributed by atoms with van der Waals surface area (Å²) in [5.74, 6) is 0.769. The van der Waals surface area contributed by atoms with Crippen LogP contribution < -0.4 is 5.32 Å². The van der Waals surface area contributed by atoms with E-state index in [0.29, 0.717) is 38.9 Å². The fourth-order valence-electron chi connectivity index (χ4n) is 4.86. The Bertz CT molecular complexity index is 1420. The normalized spacial score (nSPS) is 13.0. The Morgan fingerprint density at radius 1 is 0.925 bits per heavy atom. The molecule has 40 heavy (non-hydrogen) atoms. The summed E-state index contributed by atoms with van der Waals surface area (Å²) in [7, 11) is -1.08. The Morgan fingerprint density at radius 3 is 2.05 bits per heavy atom. The summed E-state index contributed by atoms with van der Waals surface area (Å²) in [6.07, 6.45) is 2.46. The quantitative estimate of drug-likeness (QED) is 0.110. The van der Waals surface area contributed by atoms with E-state index in [4.69, 9.17) is 44.2 Å². The monoisotopic (exact) mass is 609 g/mol. The Hall–Kier alpha value is -2.67. The standard InChI is InChI=1S/C32H34Cl3N3OSi/c1-6-13-25(28-29(35)36-21(2)37-30(28)38-27-19-18-24(33)20-26(27)34)32(39-40-31(3,4)5,22-14-9-7-10-15-22)23-16-11-8-12-17-23/h6-12,14-20,25H,1,13,40H2,2-5H3,(H,36,37,38). The molecule has 1 heterocycles. The van der Waals surface area contributed by atoms with Gasteiger partial charge in [-0.05, 0) is 47.7 Å². The zero-order valence-corrected chi connectivity index (χ0v) is 26.9. The lowest BCUT2D eigenvalue weighted by atomic mass is 9.71. The molecule has 208 valence electrons. The van der Waals surface area contributed by atoms with Gasteiger partial charge in [-0.15, -0.1) is 6.58 Å². The first kappa shape index (κ1) is 30.3. The summed E-state index contributed by atoms with van der Waals surface area (Å²) in [5.41, 5.74) is 2.55. The Balaban J connectivity index is 2.04. The highest BCUT2D eigenvalue weighted by Gasteiger charge is 2.46. The molecule has 4 aromatic rings. The van der Waals surface area contributed by atoms with Crippen LogP contribution in [-0.2, 0) is 10.0 Å². The van der Waals surface area contributed by atoms with Gasteiger partial charge in [0.1, 0.15) is 22.4 Å². The van der Waals surface area contributed by atoms with E-state index < -0.39 is 15.4 Å². The molecule has 0 bridgehead atoms. The van der Waals surface area contributed by atoms with Crippen molar-refractivity contribution in [2.45, 2.75) is 50.7 Å². The molecule has 4 nitrogen and oxygen atoms in total. The largest absolute Gasteiger partial charge is 0.409 e. The molecule has 3 aromatic carbocycles. The lowest BCUT2D eigenvalue weighted by molar-refractivity contribution is 0.0787. The van der Waals surface area contributed by atoms with E-state index in [2.05, 4.69) is 61.9 Å². The molecule has 1 aromatic heterocycles. The van der Waals surface area contributed by atoms with Crippen molar-refractivity contribution >= 4 is 56.1 Å². The van der Waals surface area contributed by atoms with Crippen LogP contribution in [0.1, 0.15) is 55.6 Å².